The van der Waals surface area contributed by atoms with E-state index in [4.69, 9.17) is 23.2 Å². The zero-order valence-electron chi connectivity index (χ0n) is 16.7. The summed E-state index contributed by atoms with van der Waals surface area (Å²) in [7, 11) is 0. The minimum absolute atomic E-state index is 0.00259. The summed E-state index contributed by atoms with van der Waals surface area (Å²) in [5.41, 5.74) is 1.43. The summed E-state index contributed by atoms with van der Waals surface area (Å²) in [6.45, 7) is 5.76. The number of hydrogen-bond donors (Lipinski definition) is 1. The van der Waals surface area contributed by atoms with E-state index in [1.807, 2.05) is 13.8 Å². The highest BCUT2D eigenvalue weighted by molar-refractivity contribution is 6.42. The first-order valence-corrected chi connectivity index (χ1v) is 10.2. The van der Waals surface area contributed by atoms with Crippen molar-refractivity contribution in [3.63, 3.8) is 0 Å². The number of nitrogens with zero attached hydrogens (tertiary/aromatic N) is 1. The van der Waals surface area contributed by atoms with Crippen LogP contribution < -0.4 is 5.32 Å². The van der Waals surface area contributed by atoms with E-state index in [9.17, 15) is 14.0 Å². The van der Waals surface area contributed by atoms with Crippen molar-refractivity contribution in [2.75, 3.05) is 0 Å². The zero-order chi connectivity index (χ0) is 21.6. The van der Waals surface area contributed by atoms with Gasteiger partial charge < -0.3 is 10.2 Å². The Morgan fingerprint density at radius 2 is 1.66 bits per heavy atom. The highest BCUT2D eigenvalue weighted by Crippen LogP contribution is 2.23. The summed E-state index contributed by atoms with van der Waals surface area (Å²) in [6.07, 6.45) is 0.854. The van der Waals surface area contributed by atoms with Crippen LogP contribution in [0.3, 0.4) is 0 Å². The lowest BCUT2D eigenvalue weighted by molar-refractivity contribution is -0.140. The van der Waals surface area contributed by atoms with Crippen LogP contribution in [0, 0.1) is 5.82 Å². The van der Waals surface area contributed by atoms with Gasteiger partial charge in [-0.05, 0) is 55.7 Å². The van der Waals surface area contributed by atoms with Crippen LogP contribution in [0.1, 0.15) is 38.3 Å². The number of halogens is 3. The third-order valence-corrected chi connectivity index (χ3v) is 5.51. The fourth-order valence-corrected chi connectivity index (χ4v) is 3.08. The van der Waals surface area contributed by atoms with E-state index in [-0.39, 0.29) is 36.6 Å². The van der Waals surface area contributed by atoms with Crippen LogP contribution in [-0.2, 0) is 22.6 Å². The lowest BCUT2D eigenvalue weighted by Crippen LogP contribution is -2.49. The van der Waals surface area contributed by atoms with Gasteiger partial charge in [0.15, 0.2) is 0 Å². The molecule has 0 aliphatic carbocycles. The smallest absolute Gasteiger partial charge is 0.242 e. The summed E-state index contributed by atoms with van der Waals surface area (Å²) < 4.78 is 13.2. The molecule has 0 saturated carbocycles. The van der Waals surface area contributed by atoms with Crippen molar-refractivity contribution >= 4 is 35.0 Å². The van der Waals surface area contributed by atoms with Gasteiger partial charge in [0, 0.05) is 12.6 Å². The van der Waals surface area contributed by atoms with E-state index in [2.05, 4.69) is 5.32 Å². The van der Waals surface area contributed by atoms with E-state index in [1.165, 1.54) is 17.0 Å². The van der Waals surface area contributed by atoms with Gasteiger partial charge in [0.1, 0.15) is 11.9 Å². The Kier molecular flexibility index (Phi) is 8.47. The van der Waals surface area contributed by atoms with Crippen molar-refractivity contribution in [1.82, 2.24) is 10.2 Å². The molecule has 29 heavy (non-hydrogen) atoms. The Bertz CT molecular complexity index is 858. The molecule has 2 atom stereocenters. The Balaban J connectivity index is 2.23. The molecule has 0 saturated heterocycles. The van der Waals surface area contributed by atoms with Crippen LogP contribution in [-0.4, -0.2) is 28.8 Å². The van der Waals surface area contributed by atoms with Crippen LogP contribution in [0.5, 0.6) is 0 Å². The van der Waals surface area contributed by atoms with Crippen molar-refractivity contribution in [2.45, 2.75) is 52.2 Å². The predicted molar refractivity (Wildman–Crippen MR) is 114 cm³/mol. The maximum absolute atomic E-state index is 13.2. The lowest BCUT2D eigenvalue weighted by atomic mass is 10.1. The fourth-order valence-electron chi connectivity index (χ4n) is 2.76. The average molecular weight is 439 g/mol. The Labute approximate surface area is 181 Å². The first-order valence-electron chi connectivity index (χ1n) is 9.49. The average Bonchev–Trinajstić information content (AvgIpc) is 2.69. The van der Waals surface area contributed by atoms with E-state index < -0.39 is 6.04 Å². The molecule has 0 aliphatic rings. The van der Waals surface area contributed by atoms with Gasteiger partial charge in [-0.3, -0.25) is 9.59 Å². The number of amides is 2. The van der Waals surface area contributed by atoms with Crippen molar-refractivity contribution in [2.24, 2.45) is 0 Å². The maximum Gasteiger partial charge on any atom is 0.242 e. The van der Waals surface area contributed by atoms with E-state index in [0.29, 0.717) is 15.6 Å². The number of nitrogens with one attached hydrogen (secondary N) is 1. The quantitative estimate of drug-likeness (QED) is 0.629. The minimum Gasteiger partial charge on any atom is -0.352 e. The summed E-state index contributed by atoms with van der Waals surface area (Å²) >= 11 is 12.0. The SMILES string of the molecule is CC[C@H](C)NC(=O)[C@H](C)N(Cc1ccc(F)cc1)C(=O)Cc1ccc(Cl)c(Cl)c1. The Morgan fingerprint density at radius 3 is 2.24 bits per heavy atom. The van der Waals surface area contributed by atoms with E-state index >= 15 is 0 Å². The van der Waals surface area contributed by atoms with Gasteiger partial charge in [-0.1, -0.05) is 48.3 Å². The summed E-state index contributed by atoms with van der Waals surface area (Å²) in [6, 6.07) is 10.2. The number of benzene rings is 2. The molecular weight excluding hydrogens is 414 g/mol. The molecule has 2 aromatic rings. The first kappa shape index (κ1) is 23.2. The molecule has 2 aromatic carbocycles. The third-order valence-electron chi connectivity index (χ3n) is 4.77. The van der Waals surface area contributed by atoms with E-state index in [0.717, 1.165) is 12.0 Å². The van der Waals surface area contributed by atoms with Crippen LogP contribution >= 0.6 is 23.2 Å². The van der Waals surface area contributed by atoms with Crippen molar-refractivity contribution in [3.05, 3.63) is 69.5 Å². The Hall–Kier alpha value is -2.11. The molecule has 2 amide bonds. The standard InChI is InChI=1S/C22H25Cl2FN2O2/c1-4-14(2)26-22(29)15(3)27(13-16-5-8-18(25)9-6-16)21(28)12-17-7-10-19(23)20(24)11-17/h5-11,14-15H,4,12-13H2,1-3H3,(H,26,29)/t14-,15-/m0/s1. The molecule has 0 aromatic heterocycles. The number of carbonyl (C=O) groups excluding carboxylic acids is 2. The molecule has 1 N–H and O–H groups in total. The number of carbonyl (C=O) groups is 2. The van der Waals surface area contributed by atoms with Crippen LogP contribution in [0.15, 0.2) is 42.5 Å². The molecule has 0 bridgehead atoms. The molecule has 2 rings (SSSR count). The number of rotatable bonds is 8. The summed E-state index contributed by atoms with van der Waals surface area (Å²) in [4.78, 5) is 27.2. The summed E-state index contributed by atoms with van der Waals surface area (Å²) in [5.74, 6) is -0.825. The van der Waals surface area contributed by atoms with Gasteiger partial charge >= 0.3 is 0 Å². The van der Waals surface area contributed by atoms with Gasteiger partial charge in [0.2, 0.25) is 11.8 Å². The van der Waals surface area contributed by atoms with Gasteiger partial charge in [0.05, 0.1) is 16.5 Å². The highest BCUT2D eigenvalue weighted by Gasteiger charge is 2.27. The molecule has 4 nitrogen and oxygen atoms in total. The molecule has 0 spiro atoms. The lowest BCUT2D eigenvalue weighted by Gasteiger charge is -2.30. The van der Waals surface area contributed by atoms with Crippen LogP contribution in [0.4, 0.5) is 4.39 Å². The number of hydrogen-bond acceptors (Lipinski definition) is 2. The largest absolute Gasteiger partial charge is 0.352 e. The second-order valence-electron chi connectivity index (χ2n) is 7.07. The molecule has 156 valence electrons. The molecule has 0 unspecified atom stereocenters. The summed E-state index contributed by atoms with van der Waals surface area (Å²) in [5, 5.41) is 3.68. The molecule has 0 aliphatic heterocycles. The van der Waals surface area contributed by atoms with Crippen LogP contribution in [0.25, 0.3) is 0 Å². The predicted octanol–water partition coefficient (Wildman–Crippen LogP) is 5.01. The Morgan fingerprint density at radius 1 is 1.03 bits per heavy atom. The van der Waals surface area contributed by atoms with Crippen molar-refractivity contribution in [3.8, 4) is 0 Å². The maximum atomic E-state index is 13.2. The van der Waals surface area contributed by atoms with Gasteiger partial charge in [-0.2, -0.15) is 0 Å². The van der Waals surface area contributed by atoms with Crippen molar-refractivity contribution < 1.29 is 14.0 Å². The molecule has 0 fully saturated rings. The van der Waals surface area contributed by atoms with Crippen LogP contribution in [0.2, 0.25) is 10.0 Å². The van der Waals surface area contributed by atoms with Gasteiger partial charge in [0.25, 0.3) is 0 Å². The van der Waals surface area contributed by atoms with E-state index in [1.54, 1.807) is 37.3 Å². The first-order chi connectivity index (χ1) is 13.7. The third kappa shape index (κ3) is 6.72. The normalized spacial score (nSPS) is 12.9. The molecule has 7 heteroatoms. The second-order valence-corrected chi connectivity index (χ2v) is 7.88. The van der Waals surface area contributed by atoms with Crippen molar-refractivity contribution in [1.29, 1.82) is 0 Å². The van der Waals surface area contributed by atoms with Gasteiger partial charge in [-0.25, -0.2) is 4.39 Å². The topological polar surface area (TPSA) is 49.4 Å². The second kappa shape index (κ2) is 10.6. The monoisotopic (exact) mass is 438 g/mol. The molecule has 0 radical (unpaired) electrons. The molecular formula is C22H25Cl2FN2O2. The zero-order valence-corrected chi connectivity index (χ0v) is 18.2. The molecule has 0 heterocycles. The highest BCUT2D eigenvalue weighted by atomic mass is 35.5. The van der Waals surface area contributed by atoms with Gasteiger partial charge in [-0.15, -0.1) is 0 Å². The fraction of sp³-hybridized carbons (Fsp3) is 0.364. The minimum atomic E-state index is -0.690.